The molecule has 0 amide bonds. The molecule has 3 unspecified atom stereocenters. The summed E-state index contributed by atoms with van der Waals surface area (Å²) in [6, 6.07) is 0. The Kier molecular flexibility index (Phi) is 3.12. The molecule has 120 valence electrons. The van der Waals surface area contributed by atoms with Crippen molar-refractivity contribution in [3.63, 3.8) is 0 Å². The molecule has 2 saturated carbocycles. The van der Waals surface area contributed by atoms with Crippen molar-refractivity contribution in [2.24, 2.45) is 28.6 Å². The van der Waals surface area contributed by atoms with E-state index in [9.17, 15) is 4.79 Å². The van der Waals surface area contributed by atoms with Crippen molar-refractivity contribution in [3.05, 3.63) is 23.5 Å². The van der Waals surface area contributed by atoms with Gasteiger partial charge in [-0.15, -0.1) is 0 Å². The number of rotatable bonds is 1. The molecule has 5 atom stereocenters. The number of ketones is 1. The highest BCUT2D eigenvalue weighted by atomic mass is 16.5. The summed E-state index contributed by atoms with van der Waals surface area (Å²) in [5.41, 5.74) is 1.93. The van der Waals surface area contributed by atoms with Crippen molar-refractivity contribution in [2.45, 2.75) is 58.8 Å². The molecule has 2 nitrogen and oxygen atoms in total. The van der Waals surface area contributed by atoms with Crippen LogP contribution in [0.15, 0.2) is 23.5 Å². The van der Waals surface area contributed by atoms with Gasteiger partial charge in [0.2, 0.25) is 0 Å². The fourth-order valence-electron chi connectivity index (χ4n) is 6.06. The number of carbonyl (C=O) groups excluding carboxylic acids is 1. The molecule has 22 heavy (non-hydrogen) atoms. The lowest BCUT2D eigenvalue weighted by atomic mass is 9.50. The second-order valence-corrected chi connectivity index (χ2v) is 8.39. The van der Waals surface area contributed by atoms with Gasteiger partial charge in [0.25, 0.3) is 0 Å². The molecule has 0 spiro atoms. The topological polar surface area (TPSA) is 26.3 Å². The molecule has 0 saturated heterocycles. The van der Waals surface area contributed by atoms with Gasteiger partial charge in [-0.05, 0) is 61.3 Å². The SMILES string of the molecule is COC1=CC2CCC3C(=CC[C@]4(C)C(=O)CCC34)[C@@]2(C)CC1. The fourth-order valence-corrected chi connectivity index (χ4v) is 6.06. The molecule has 2 heteroatoms. The number of hydrogen-bond acceptors (Lipinski definition) is 2. The second kappa shape index (κ2) is 4.72. The number of allylic oxidation sites excluding steroid dienone is 4. The van der Waals surface area contributed by atoms with E-state index < -0.39 is 0 Å². The van der Waals surface area contributed by atoms with E-state index in [2.05, 4.69) is 26.0 Å². The van der Waals surface area contributed by atoms with Gasteiger partial charge in [-0.2, -0.15) is 0 Å². The highest BCUT2D eigenvalue weighted by molar-refractivity contribution is 5.87. The lowest BCUT2D eigenvalue weighted by molar-refractivity contribution is -0.127. The van der Waals surface area contributed by atoms with Crippen molar-refractivity contribution in [2.75, 3.05) is 7.11 Å². The van der Waals surface area contributed by atoms with E-state index >= 15 is 0 Å². The molecule has 0 aliphatic heterocycles. The normalized spacial score (nSPS) is 47.0. The third-order valence-corrected chi connectivity index (χ3v) is 7.58. The predicted octanol–water partition coefficient (Wildman–Crippen LogP) is 4.66. The summed E-state index contributed by atoms with van der Waals surface area (Å²) in [4.78, 5) is 12.4. The van der Waals surface area contributed by atoms with E-state index in [1.165, 1.54) is 25.0 Å². The van der Waals surface area contributed by atoms with Crippen LogP contribution in [0.2, 0.25) is 0 Å². The van der Waals surface area contributed by atoms with Crippen LogP contribution in [-0.4, -0.2) is 12.9 Å². The van der Waals surface area contributed by atoms with Gasteiger partial charge in [-0.1, -0.05) is 25.5 Å². The van der Waals surface area contributed by atoms with Crippen LogP contribution in [0.25, 0.3) is 0 Å². The van der Waals surface area contributed by atoms with Crippen LogP contribution in [0.5, 0.6) is 0 Å². The number of carbonyl (C=O) groups is 1. The van der Waals surface area contributed by atoms with Crippen LogP contribution < -0.4 is 0 Å². The van der Waals surface area contributed by atoms with Crippen LogP contribution in [0, 0.1) is 28.6 Å². The highest BCUT2D eigenvalue weighted by Gasteiger charge is 2.56. The summed E-state index contributed by atoms with van der Waals surface area (Å²) in [5, 5.41) is 0. The first-order chi connectivity index (χ1) is 10.5. The monoisotopic (exact) mass is 300 g/mol. The molecule has 0 aromatic heterocycles. The summed E-state index contributed by atoms with van der Waals surface area (Å²) >= 11 is 0. The van der Waals surface area contributed by atoms with E-state index in [0.29, 0.717) is 29.0 Å². The van der Waals surface area contributed by atoms with Gasteiger partial charge >= 0.3 is 0 Å². The average Bonchev–Trinajstić information content (AvgIpc) is 2.82. The van der Waals surface area contributed by atoms with Crippen molar-refractivity contribution < 1.29 is 9.53 Å². The van der Waals surface area contributed by atoms with E-state index in [-0.39, 0.29) is 5.41 Å². The number of ether oxygens (including phenoxy) is 1. The molecule has 0 heterocycles. The van der Waals surface area contributed by atoms with E-state index in [0.717, 1.165) is 25.7 Å². The average molecular weight is 300 g/mol. The zero-order valence-corrected chi connectivity index (χ0v) is 14.2. The Labute approximate surface area is 134 Å². The Balaban J connectivity index is 1.72. The Morgan fingerprint density at radius 2 is 1.95 bits per heavy atom. The summed E-state index contributed by atoms with van der Waals surface area (Å²) in [7, 11) is 1.80. The minimum atomic E-state index is -0.0560. The van der Waals surface area contributed by atoms with Gasteiger partial charge in [-0.25, -0.2) is 0 Å². The van der Waals surface area contributed by atoms with E-state index in [1.54, 1.807) is 12.7 Å². The zero-order chi connectivity index (χ0) is 15.5. The number of fused-ring (bicyclic) bond motifs is 5. The van der Waals surface area contributed by atoms with Gasteiger partial charge < -0.3 is 4.74 Å². The molecule has 4 rings (SSSR count). The maximum Gasteiger partial charge on any atom is 0.139 e. The molecule has 4 aliphatic carbocycles. The number of Topliss-reactive ketones (excluding diaryl/α,β-unsaturated/α-hetero) is 1. The molecular formula is C20H28O2. The smallest absolute Gasteiger partial charge is 0.139 e. The van der Waals surface area contributed by atoms with Gasteiger partial charge in [0.15, 0.2) is 0 Å². The summed E-state index contributed by atoms with van der Waals surface area (Å²) in [6.45, 7) is 4.70. The standard InChI is InChI=1S/C20H28O2/c1-19-10-8-14(22-3)12-13(19)4-5-15-16-6-7-18(21)20(16,2)11-9-17(15)19/h9,12-13,15-16H,4-8,10-11H2,1-3H3/t13?,15?,16?,19-,20-/m0/s1. The lowest BCUT2D eigenvalue weighted by Crippen LogP contribution is -2.46. The zero-order valence-electron chi connectivity index (χ0n) is 14.2. The predicted molar refractivity (Wildman–Crippen MR) is 87.2 cm³/mol. The van der Waals surface area contributed by atoms with Crippen molar-refractivity contribution in [1.29, 1.82) is 0 Å². The molecule has 4 aliphatic rings. The van der Waals surface area contributed by atoms with Crippen molar-refractivity contribution in [1.82, 2.24) is 0 Å². The number of hydrogen-bond donors (Lipinski definition) is 0. The molecular weight excluding hydrogens is 272 g/mol. The third-order valence-electron chi connectivity index (χ3n) is 7.58. The van der Waals surface area contributed by atoms with E-state index in [1.807, 2.05) is 0 Å². The second-order valence-electron chi connectivity index (χ2n) is 8.39. The maximum atomic E-state index is 12.4. The largest absolute Gasteiger partial charge is 0.501 e. The van der Waals surface area contributed by atoms with Gasteiger partial charge in [0, 0.05) is 18.3 Å². The third kappa shape index (κ3) is 1.76. The molecule has 0 N–H and O–H groups in total. The first kappa shape index (κ1) is 14.5. The Morgan fingerprint density at radius 3 is 2.73 bits per heavy atom. The quantitative estimate of drug-likeness (QED) is 0.658. The van der Waals surface area contributed by atoms with Gasteiger partial charge in [0.05, 0.1) is 12.9 Å². The fraction of sp³-hybridized carbons (Fsp3) is 0.750. The molecule has 0 bridgehead atoms. The minimum absolute atomic E-state index is 0.0560. The summed E-state index contributed by atoms with van der Waals surface area (Å²) in [6.07, 6.45) is 12.6. The van der Waals surface area contributed by atoms with Crippen LogP contribution >= 0.6 is 0 Å². The van der Waals surface area contributed by atoms with E-state index in [4.69, 9.17) is 4.74 Å². The molecule has 0 aromatic rings. The van der Waals surface area contributed by atoms with Gasteiger partial charge in [-0.3, -0.25) is 4.79 Å². The highest BCUT2D eigenvalue weighted by Crippen LogP contribution is 2.62. The van der Waals surface area contributed by atoms with Crippen LogP contribution in [0.4, 0.5) is 0 Å². The van der Waals surface area contributed by atoms with Crippen LogP contribution in [0.1, 0.15) is 58.8 Å². The van der Waals surface area contributed by atoms with Crippen molar-refractivity contribution in [3.8, 4) is 0 Å². The molecule has 0 radical (unpaired) electrons. The Bertz CT molecular complexity index is 572. The Hall–Kier alpha value is -1.05. The lowest BCUT2D eigenvalue weighted by Gasteiger charge is -2.54. The molecule has 0 aromatic carbocycles. The first-order valence-corrected chi connectivity index (χ1v) is 8.97. The van der Waals surface area contributed by atoms with Crippen molar-refractivity contribution >= 4 is 5.78 Å². The minimum Gasteiger partial charge on any atom is -0.501 e. The summed E-state index contributed by atoms with van der Waals surface area (Å²) in [5.74, 6) is 3.58. The summed E-state index contributed by atoms with van der Waals surface area (Å²) < 4.78 is 5.52. The van der Waals surface area contributed by atoms with Crippen LogP contribution in [-0.2, 0) is 9.53 Å². The van der Waals surface area contributed by atoms with Gasteiger partial charge in [0.1, 0.15) is 5.78 Å². The van der Waals surface area contributed by atoms with Crippen LogP contribution in [0.3, 0.4) is 0 Å². The molecule has 2 fully saturated rings. The Morgan fingerprint density at radius 1 is 1.14 bits per heavy atom. The number of methoxy groups -OCH3 is 1. The maximum absolute atomic E-state index is 12.4. The first-order valence-electron chi connectivity index (χ1n) is 8.97.